The van der Waals surface area contributed by atoms with Gasteiger partial charge in [-0.2, -0.15) is 5.10 Å². The number of carbonyl (C=O) groups excluding carboxylic acids is 1. The van der Waals surface area contributed by atoms with Crippen molar-refractivity contribution in [1.82, 2.24) is 25.3 Å². The van der Waals surface area contributed by atoms with Crippen LogP contribution in [-0.4, -0.2) is 61.2 Å². The van der Waals surface area contributed by atoms with Gasteiger partial charge in [-0.15, -0.1) is 10.2 Å². The van der Waals surface area contributed by atoms with E-state index in [9.17, 15) is 14.0 Å². The summed E-state index contributed by atoms with van der Waals surface area (Å²) in [4.78, 5) is 24.3. The number of fused-ring (bicyclic) bond motifs is 1. The molecule has 0 bridgehead atoms. The maximum Gasteiger partial charge on any atom is 0.407 e. The Bertz CT molecular complexity index is 1040. The third kappa shape index (κ3) is 3.24. The van der Waals surface area contributed by atoms with Gasteiger partial charge < -0.3 is 15.3 Å². The Morgan fingerprint density at radius 1 is 1.25 bits per heavy atom. The van der Waals surface area contributed by atoms with Gasteiger partial charge in [0.25, 0.3) is 5.91 Å². The molecule has 1 aliphatic rings. The summed E-state index contributed by atoms with van der Waals surface area (Å²) in [7, 11) is 0. The first-order valence-electron chi connectivity index (χ1n) is 8.71. The molecule has 0 saturated carbocycles. The molecule has 1 aromatic carbocycles. The highest BCUT2D eigenvalue weighted by atomic mass is 19.1. The van der Waals surface area contributed by atoms with Crippen LogP contribution in [0.2, 0.25) is 0 Å². The van der Waals surface area contributed by atoms with Gasteiger partial charge in [0.2, 0.25) is 5.67 Å². The maximum atomic E-state index is 15.0. The molecule has 3 heterocycles. The normalized spacial score (nSPS) is 19.5. The van der Waals surface area contributed by atoms with E-state index >= 15 is 0 Å². The van der Waals surface area contributed by atoms with Crippen LogP contribution < -0.4 is 5.32 Å². The van der Waals surface area contributed by atoms with Gasteiger partial charge in [0.15, 0.2) is 5.82 Å². The number of halogens is 1. The minimum absolute atomic E-state index is 0.0457. The summed E-state index contributed by atoms with van der Waals surface area (Å²) >= 11 is 0. The molecular formula is C18H17FN6O3. The Morgan fingerprint density at radius 3 is 2.86 bits per heavy atom. The van der Waals surface area contributed by atoms with Crippen molar-refractivity contribution in [2.24, 2.45) is 0 Å². The number of rotatable bonds is 3. The SMILES string of the molecule is O=C(O)N1CCCC(F)(C(=O)Nc2ccc(-c3cccc4cn[nH]c34)nn2)C1. The van der Waals surface area contributed by atoms with E-state index in [0.29, 0.717) is 5.69 Å². The number of carbonyl (C=O) groups is 2. The van der Waals surface area contributed by atoms with Crippen LogP contribution >= 0.6 is 0 Å². The highest BCUT2D eigenvalue weighted by Crippen LogP contribution is 2.28. The molecule has 1 atom stereocenters. The number of H-pyrrole nitrogens is 1. The van der Waals surface area contributed by atoms with E-state index in [1.54, 1.807) is 12.3 Å². The van der Waals surface area contributed by atoms with E-state index in [2.05, 4.69) is 25.7 Å². The minimum Gasteiger partial charge on any atom is -0.465 e. The zero-order chi connectivity index (χ0) is 19.7. The molecule has 2 amide bonds. The van der Waals surface area contributed by atoms with Gasteiger partial charge in [-0.25, -0.2) is 9.18 Å². The van der Waals surface area contributed by atoms with Crippen molar-refractivity contribution in [2.45, 2.75) is 18.5 Å². The number of alkyl halides is 1. The largest absolute Gasteiger partial charge is 0.465 e. The summed E-state index contributed by atoms with van der Waals surface area (Å²) in [5.74, 6) is -0.828. The topological polar surface area (TPSA) is 124 Å². The van der Waals surface area contributed by atoms with Crippen molar-refractivity contribution in [3.05, 3.63) is 36.5 Å². The number of nitrogens with one attached hydrogen (secondary N) is 2. The van der Waals surface area contributed by atoms with E-state index in [-0.39, 0.29) is 25.2 Å². The predicted molar refractivity (Wildman–Crippen MR) is 98.4 cm³/mol. The Morgan fingerprint density at radius 2 is 2.11 bits per heavy atom. The third-order valence-electron chi connectivity index (χ3n) is 4.78. The summed E-state index contributed by atoms with van der Waals surface area (Å²) in [6, 6.07) is 8.83. The molecule has 0 spiro atoms. The highest BCUT2D eigenvalue weighted by molar-refractivity contribution is 5.97. The van der Waals surface area contributed by atoms with Crippen molar-refractivity contribution in [1.29, 1.82) is 0 Å². The van der Waals surface area contributed by atoms with Crippen LogP contribution in [0.5, 0.6) is 0 Å². The Kier molecular flexibility index (Phi) is 4.38. The molecule has 28 heavy (non-hydrogen) atoms. The molecular weight excluding hydrogens is 367 g/mol. The molecule has 1 fully saturated rings. The van der Waals surface area contributed by atoms with Crippen LogP contribution in [0.4, 0.5) is 15.0 Å². The van der Waals surface area contributed by atoms with Crippen LogP contribution in [-0.2, 0) is 4.79 Å². The molecule has 0 aliphatic carbocycles. The number of nitrogens with zero attached hydrogens (tertiary/aromatic N) is 4. The molecule has 3 aromatic rings. The molecule has 144 valence electrons. The molecule has 10 heteroatoms. The summed E-state index contributed by atoms with van der Waals surface area (Å²) in [5, 5.41) is 27.3. The molecule has 9 nitrogen and oxygen atoms in total. The fourth-order valence-electron chi connectivity index (χ4n) is 3.31. The number of para-hydroxylation sites is 1. The lowest BCUT2D eigenvalue weighted by molar-refractivity contribution is -0.130. The number of aromatic amines is 1. The first-order chi connectivity index (χ1) is 13.5. The van der Waals surface area contributed by atoms with E-state index in [1.165, 1.54) is 6.07 Å². The van der Waals surface area contributed by atoms with E-state index in [4.69, 9.17) is 5.11 Å². The number of piperidine rings is 1. The summed E-state index contributed by atoms with van der Waals surface area (Å²) in [6.45, 7) is -0.288. The van der Waals surface area contributed by atoms with Crippen molar-refractivity contribution in [2.75, 3.05) is 18.4 Å². The van der Waals surface area contributed by atoms with E-state index < -0.39 is 24.2 Å². The average Bonchev–Trinajstić information content (AvgIpc) is 3.17. The lowest BCUT2D eigenvalue weighted by Gasteiger charge is -2.34. The summed E-state index contributed by atoms with van der Waals surface area (Å²) in [6.07, 6.45) is 0.684. The maximum absolute atomic E-state index is 15.0. The van der Waals surface area contributed by atoms with Gasteiger partial charge in [0.1, 0.15) is 0 Å². The number of hydrogen-bond acceptors (Lipinski definition) is 5. The highest BCUT2D eigenvalue weighted by Gasteiger charge is 2.44. The quantitative estimate of drug-likeness (QED) is 0.637. The fourth-order valence-corrected chi connectivity index (χ4v) is 3.31. The zero-order valence-electron chi connectivity index (χ0n) is 14.7. The number of benzene rings is 1. The number of carboxylic acid groups (broad SMARTS) is 1. The molecule has 3 N–H and O–H groups in total. The number of amides is 2. The Labute approximate surface area is 158 Å². The minimum atomic E-state index is -2.29. The zero-order valence-corrected chi connectivity index (χ0v) is 14.7. The van der Waals surface area contributed by atoms with Gasteiger partial charge in [-0.1, -0.05) is 18.2 Å². The number of aromatic nitrogens is 4. The van der Waals surface area contributed by atoms with E-state index in [1.807, 2.05) is 18.2 Å². The van der Waals surface area contributed by atoms with Crippen molar-refractivity contribution < 1.29 is 19.1 Å². The fraction of sp³-hybridized carbons (Fsp3) is 0.278. The van der Waals surface area contributed by atoms with Crippen LogP contribution in [0.25, 0.3) is 22.2 Å². The molecule has 2 aromatic heterocycles. The lowest BCUT2D eigenvalue weighted by atomic mass is 9.94. The number of hydrogen-bond donors (Lipinski definition) is 3. The average molecular weight is 384 g/mol. The lowest BCUT2D eigenvalue weighted by Crippen LogP contribution is -2.53. The van der Waals surface area contributed by atoms with Crippen LogP contribution in [0, 0.1) is 0 Å². The van der Waals surface area contributed by atoms with Gasteiger partial charge in [-0.3, -0.25) is 9.89 Å². The number of likely N-dealkylation sites (tertiary alicyclic amines) is 1. The second-order valence-electron chi connectivity index (χ2n) is 6.67. The summed E-state index contributed by atoms with van der Waals surface area (Å²) < 4.78 is 15.0. The monoisotopic (exact) mass is 384 g/mol. The number of anilines is 1. The molecule has 0 radical (unpaired) electrons. The predicted octanol–water partition coefficient (Wildman–Crippen LogP) is 2.44. The van der Waals surface area contributed by atoms with Crippen molar-refractivity contribution >= 4 is 28.7 Å². The third-order valence-corrected chi connectivity index (χ3v) is 4.78. The smallest absolute Gasteiger partial charge is 0.407 e. The second-order valence-corrected chi connectivity index (χ2v) is 6.67. The molecule has 4 rings (SSSR count). The molecule has 1 aliphatic heterocycles. The second kappa shape index (κ2) is 6.87. The summed E-state index contributed by atoms with van der Waals surface area (Å²) in [5.41, 5.74) is -0.116. The molecule has 1 unspecified atom stereocenters. The van der Waals surface area contributed by atoms with Gasteiger partial charge >= 0.3 is 6.09 Å². The van der Waals surface area contributed by atoms with Crippen molar-refractivity contribution in [3.8, 4) is 11.3 Å². The van der Waals surface area contributed by atoms with Gasteiger partial charge in [0.05, 0.1) is 24.0 Å². The van der Waals surface area contributed by atoms with Crippen molar-refractivity contribution in [3.63, 3.8) is 0 Å². The van der Waals surface area contributed by atoms with Gasteiger partial charge in [0, 0.05) is 17.5 Å². The van der Waals surface area contributed by atoms with E-state index in [0.717, 1.165) is 21.4 Å². The van der Waals surface area contributed by atoms with Crippen LogP contribution in [0.1, 0.15) is 12.8 Å². The van der Waals surface area contributed by atoms with Gasteiger partial charge in [-0.05, 0) is 25.0 Å². The first-order valence-corrected chi connectivity index (χ1v) is 8.71. The van der Waals surface area contributed by atoms with Crippen LogP contribution in [0.15, 0.2) is 36.5 Å². The Hall–Kier alpha value is -3.56. The first kappa shape index (κ1) is 17.8. The molecule has 1 saturated heterocycles. The Balaban J connectivity index is 1.51. The van der Waals surface area contributed by atoms with Crippen LogP contribution in [0.3, 0.4) is 0 Å². The standard InChI is InChI=1S/C18H17FN6O3/c19-18(7-2-8-25(10-18)17(27)28)16(26)21-14-6-5-13(22-23-14)12-4-1-3-11-9-20-24-15(11)12/h1,3-6,9H,2,7-8,10H2,(H,20,24)(H,27,28)(H,21,23,26).